The number of hydrogen-bond donors (Lipinski definition) is 2. The van der Waals surface area contributed by atoms with E-state index in [9.17, 15) is 0 Å². The quantitative estimate of drug-likeness (QED) is 0.643. The zero-order chi connectivity index (χ0) is 14.7. The van der Waals surface area contributed by atoms with Crippen molar-refractivity contribution >= 4 is 0 Å². The monoisotopic (exact) mass is 278 g/mol. The zero-order valence-corrected chi connectivity index (χ0v) is 13.4. The van der Waals surface area contributed by atoms with Crippen LogP contribution in [0.3, 0.4) is 0 Å². The molecule has 0 aromatic carbocycles. The Morgan fingerprint density at radius 1 is 1.30 bits per heavy atom. The molecule has 0 spiro atoms. The Kier molecular flexibility index (Phi) is 5.22. The molecule has 3 N–H and O–H groups in total. The molecule has 2 rings (SSSR count). The summed E-state index contributed by atoms with van der Waals surface area (Å²) in [6.07, 6.45) is 4.85. The van der Waals surface area contributed by atoms with E-state index in [1.807, 2.05) is 0 Å². The highest BCUT2D eigenvalue weighted by atomic mass is 15.3. The molecule has 3 atom stereocenters. The maximum Gasteiger partial charge on any atom is 0.0657 e. The molecule has 1 aliphatic rings. The number of nitrogens with one attached hydrogen (secondary N) is 1. The molecule has 1 aromatic rings. The van der Waals surface area contributed by atoms with Crippen LogP contribution in [0.4, 0.5) is 0 Å². The molecule has 4 nitrogen and oxygen atoms in total. The SMILES string of the molecule is CCc1cc(C(NN)C2CC(C)CC(C)C2)n(CC)n1. The predicted octanol–water partition coefficient (Wildman–Crippen LogP) is 3.04. The third-order valence-electron chi connectivity index (χ3n) is 4.71. The molecule has 1 aromatic heterocycles. The Bertz CT molecular complexity index is 416. The van der Waals surface area contributed by atoms with E-state index in [1.54, 1.807) is 0 Å². The van der Waals surface area contributed by atoms with Gasteiger partial charge in [-0.25, -0.2) is 0 Å². The van der Waals surface area contributed by atoms with Crippen molar-refractivity contribution in [2.45, 2.75) is 66.0 Å². The molecular formula is C16H30N4. The van der Waals surface area contributed by atoms with Crippen LogP contribution in [0.1, 0.15) is 64.4 Å². The van der Waals surface area contributed by atoms with Crippen molar-refractivity contribution < 1.29 is 0 Å². The molecule has 0 radical (unpaired) electrons. The third-order valence-corrected chi connectivity index (χ3v) is 4.71. The number of hydrogen-bond acceptors (Lipinski definition) is 3. The number of nitrogens with two attached hydrogens (primary N) is 1. The molecule has 114 valence electrons. The largest absolute Gasteiger partial charge is 0.271 e. The minimum Gasteiger partial charge on any atom is -0.271 e. The van der Waals surface area contributed by atoms with Gasteiger partial charge in [0.25, 0.3) is 0 Å². The fraction of sp³-hybridized carbons (Fsp3) is 0.812. The van der Waals surface area contributed by atoms with Gasteiger partial charge in [-0.1, -0.05) is 20.8 Å². The number of nitrogens with zero attached hydrogens (tertiary/aromatic N) is 2. The van der Waals surface area contributed by atoms with Gasteiger partial charge in [-0.15, -0.1) is 0 Å². The zero-order valence-electron chi connectivity index (χ0n) is 13.4. The molecule has 1 saturated carbocycles. The second kappa shape index (κ2) is 6.72. The fourth-order valence-corrected chi connectivity index (χ4v) is 3.91. The third kappa shape index (κ3) is 3.23. The van der Waals surface area contributed by atoms with Crippen LogP contribution < -0.4 is 11.3 Å². The van der Waals surface area contributed by atoms with Crippen molar-refractivity contribution in [1.82, 2.24) is 15.2 Å². The smallest absolute Gasteiger partial charge is 0.0657 e. The molecule has 3 unspecified atom stereocenters. The van der Waals surface area contributed by atoms with E-state index in [0.29, 0.717) is 5.92 Å². The van der Waals surface area contributed by atoms with Crippen molar-refractivity contribution in [3.8, 4) is 0 Å². The molecule has 20 heavy (non-hydrogen) atoms. The van der Waals surface area contributed by atoms with Crippen molar-refractivity contribution in [3.05, 3.63) is 17.5 Å². The number of rotatable bonds is 5. The van der Waals surface area contributed by atoms with Crippen LogP contribution in [0.5, 0.6) is 0 Å². The van der Waals surface area contributed by atoms with Crippen LogP contribution >= 0.6 is 0 Å². The molecule has 0 bridgehead atoms. The van der Waals surface area contributed by atoms with E-state index in [4.69, 9.17) is 5.84 Å². The second-order valence-corrected chi connectivity index (χ2v) is 6.55. The van der Waals surface area contributed by atoms with Crippen LogP contribution in [0.2, 0.25) is 0 Å². The first-order chi connectivity index (χ1) is 9.58. The summed E-state index contributed by atoms with van der Waals surface area (Å²) in [7, 11) is 0. The number of aromatic nitrogens is 2. The van der Waals surface area contributed by atoms with Crippen molar-refractivity contribution in [1.29, 1.82) is 0 Å². The standard InChI is InChI=1S/C16H30N4/c1-5-14-10-15(20(6-2)19-14)16(18-17)13-8-11(3)7-12(4)9-13/h10-13,16,18H,5-9,17H2,1-4H3. The van der Waals surface area contributed by atoms with Crippen LogP contribution in [0.25, 0.3) is 0 Å². The second-order valence-electron chi connectivity index (χ2n) is 6.55. The van der Waals surface area contributed by atoms with Gasteiger partial charge in [-0.3, -0.25) is 16.0 Å². The lowest BCUT2D eigenvalue weighted by molar-refractivity contribution is 0.172. The van der Waals surface area contributed by atoms with Gasteiger partial charge in [-0.2, -0.15) is 5.10 Å². The van der Waals surface area contributed by atoms with E-state index < -0.39 is 0 Å². The maximum absolute atomic E-state index is 5.91. The summed E-state index contributed by atoms with van der Waals surface area (Å²) in [5.41, 5.74) is 5.51. The number of hydrazine groups is 1. The minimum atomic E-state index is 0.230. The van der Waals surface area contributed by atoms with Crippen LogP contribution in [0.15, 0.2) is 6.07 Å². The van der Waals surface area contributed by atoms with Gasteiger partial charge in [-0.05, 0) is 56.4 Å². The van der Waals surface area contributed by atoms with E-state index in [0.717, 1.165) is 24.8 Å². The lowest BCUT2D eigenvalue weighted by atomic mass is 9.73. The molecule has 0 saturated heterocycles. The Labute approximate surface area is 123 Å². The normalized spacial score (nSPS) is 28.6. The highest BCUT2D eigenvalue weighted by Gasteiger charge is 2.32. The van der Waals surface area contributed by atoms with Gasteiger partial charge >= 0.3 is 0 Å². The maximum atomic E-state index is 5.91. The van der Waals surface area contributed by atoms with Crippen LogP contribution in [-0.4, -0.2) is 9.78 Å². The molecule has 1 aliphatic carbocycles. The first-order valence-corrected chi connectivity index (χ1v) is 8.11. The van der Waals surface area contributed by atoms with Crippen LogP contribution in [-0.2, 0) is 13.0 Å². The Morgan fingerprint density at radius 2 is 1.95 bits per heavy atom. The fourth-order valence-electron chi connectivity index (χ4n) is 3.91. The van der Waals surface area contributed by atoms with Gasteiger partial charge in [0.05, 0.1) is 17.4 Å². The minimum absolute atomic E-state index is 0.230. The Balaban J connectivity index is 2.24. The first kappa shape index (κ1) is 15.5. The molecule has 1 heterocycles. The summed E-state index contributed by atoms with van der Waals surface area (Å²) in [5, 5.41) is 4.67. The predicted molar refractivity (Wildman–Crippen MR) is 83.0 cm³/mol. The topological polar surface area (TPSA) is 55.9 Å². The average Bonchev–Trinajstić information content (AvgIpc) is 2.82. The van der Waals surface area contributed by atoms with Gasteiger partial charge in [0.1, 0.15) is 0 Å². The molecule has 4 heteroatoms. The molecule has 0 amide bonds. The Morgan fingerprint density at radius 3 is 2.45 bits per heavy atom. The first-order valence-electron chi connectivity index (χ1n) is 8.11. The van der Waals surface area contributed by atoms with E-state index in [1.165, 1.54) is 30.7 Å². The van der Waals surface area contributed by atoms with Crippen molar-refractivity contribution in [3.63, 3.8) is 0 Å². The van der Waals surface area contributed by atoms with Gasteiger partial charge in [0.15, 0.2) is 0 Å². The Hall–Kier alpha value is -0.870. The summed E-state index contributed by atoms with van der Waals surface area (Å²) in [5.74, 6) is 8.12. The number of aryl methyl sites for hydroxylation is 2. The summed E-state index contributed by atoms with van der Waals surface area (Å²) in [6, 6.07) is 2.46. The van der Waals surface area contributed by atoms with E-state index >= 15 is 0 Å². The average molecular weight is 278 g/mol. The highest BCUT2D eigenvalue weighted by molar-refractivity contribution is 5.16. The van der Waals surface area contributed by atoms with Gasteiger partial charge in [0.2, 0.25) is 0 Å². The molecular weight excluding hydrogens is 248 g/mol. The van der Waals surface area contributed by atoms with Crippen LogP contribution in [0, 0.1) is 17.8 Å². The van der Waals surface area contributed by atoms with Gasteiger partial charge < -0.3 is 0 Å². The van der Waals surface area contributed by atoms with E-state index in [2.05, 4.69) is 49.0 Å². The van der Waals surface area contributed by atoms with Crippen molar-refractivity contribution in [2.24, 2.45) is 23.6 Å². The van der Waals surface area contributed by atoms with E-state index in [-0.39, 0.29) is 6.04 Å². The summed E-state index contributed by atoms with van der Waals surface area (Å²) >= 11 is 0. The van der Waals surface area contributed by atoms with Crippen molar-refractivity contribution in [2.75, 3.05) is 0 Å². The molecule has 0 aliphatic heterocycles. The molecule has 1 fully saturated rings. The van der Waals surface area contributed by atoms with Gasteiger partial charge in [0, 0.05) is 6.54 Å². The lowest BCUT2D eigenvalue weighted by Gasteiger charge is -2.36. The lowest BCUT2D eigenvalue weighted by Crippen LogP contribution is -2.38. The summed E-state index contributed by atoms with van der Waals surface area (Å²) in [6.45, 7) is 9.94. The highest BCUT2D eigenvalue weighted by Crippen LogP contribution is 2.39. The summed E-state index contributed by atoms with van der Waals surface area (Å²) in [4.78, 5) is 0. The summed E-state index contributed by atoms with van der Waals surface area (Å²) < 4.78 is 2.12.